The van der Waals surface area contributed by atoms with Crippen molar-refractivity contribution in [3.63, 3.8) is 0 Å². The maximum absolute atomic E-state index is 11.9. The number of amides is 1. The van der Waals surface area contributed by atoms with Crippen LogP contribution in [0.15, 0.2) is 48.5 Å². The van der Waals surface area contributed by atoms with Gasteiger partial charge < -0.3 is 29.7 Å². The lowest BCUT2D eigenvalue weighted by Gasteiger charge is -2.20. The van der Waals surface area contributed by atoms with Gasteiger partial charge in [-0.05, 0) is 23.3 Å². The molecule has 0 unspecified atom stereocenters. The summed E-state index contributed by atoms with van der Waals surface area (Å²) >= 11 is 0. The predicted molar refractivity (Wildman–Crippen MR) is 88.7 cm³/mol. The molecule has 1 heterocycles. The van der Waals surface area contributed by atoms with Crippen LogP contribution in [0.1, 0.15) is 17.2 Å². The van der Waals surface area contributed by atoms with Gasteiger partial charge in [-0.15, -0.1) is 0 Å². The zero-order valence-corrected chi connectivity index (χ0v) is 13.6. The van der Waals surface area contributed by atoms with Gasteiger partial charge >= 0.3 is 12.1 Å². The molecule has 0 bridgehead atoms. The van der Waals surface area contributed by atoms with Crippen LogP contribution in [0.3, 0.4) is 0 Å². The maximum Gasteiger partial charge on any atom is 0.408 e. The molecule has 0 fully saturated rings. The normalized spacial score (nSPS) is 14.3. The Bertz CT molecular complexity index is 793. The van der Waals surface area contributed by atoms with Crippen molar-refractivity contribution >= 4 is 12.1 Å². The van der Waals surface area contributed by atoms with Gasteiger partial charge in [0.05, 0.1) is 0 Å². The third-order valence-electron chi connectivity index (χ3n) is 3.81. The van der Waals surface area contributed by atoms with Crippen molar-refractivity contribution in [3.8, 4) is 11.5 Å². The summed E-state index contributed by atoms with van der Waals surface area (Å²) in [5, 5.41) is 21.9. The van der Waals surface area contributed by atoms with Gasteiger partial charge in [0, 0.05) is 0 Å². The van der Waals surface area contributed by atoms with E-state index in [-0.39, 0.29) is 19.0 Å². The molecule has 8 nitrogen and oxygen atoms in total. The first-order chi connectivity index (χ1) is 12.5. The van der Waals surface area contributed by atoms with Crippen molar-refractivity contribution in [2.75, 3.05) is 6.79 Å². The Balaban J connectivity index is 1.64. The van der Waals surface area contributed by atoms with Gasteiger partial charge in [-0.3, -0.25) is 0 Å². The number of fused-ring (bicyclic) bond motifs is 1. The molecule has 1 aliphatic rings. The lowest BCUT2D eigenvalue weighted by atomic mass is 10.0. The lowest BCUT2D eigenvalue weighted by molar-refractivity contribution is -0.142. The standard InChI is InChI=1S/C18H17NO7/c20-16(12-6-7-13-14(8-12)26-10-25-13)15(17(21)22)19-18(23)24-9-11-4-2-1-3-5-11/h1-8,15-16,20H,9-10H2,(H,19,23)(H,21,22)/t15-,16-/m0/s1. The summed E-state index contributed by atoms with van der Waals surface area (Å²) in [6.45, 7) is 0.0421. The van der Waals surface area contributed by atoms with Gasteiger partial charge in [-0.2, -0.15) is 0 Å². The largest absolute Gasteiger partial charge is 0.480 e. The minimum atomic E-state index is -1.58. The highest BCUT2D eigenvalue weighted by molar-refractivity contribution is 5.80. The second kappa shape index (κ2) is 7.75. The molecule has 26 heavy (non-hydrogen) atoms. The van der Waals surface area contributed by atoms with E-state index < -0.39 is 24.2 Å². The van der Waals surface area contributed by atoms with Crippen molar-refractivity contribution in [1.82, 2.24) is 5.32 Å². The third-order valence-corrected chi connectivity index (χ3v) is 3.81. The summed E-state index contributed by atoms with van der Waals surface area (Å²) in [6, 6.07) is 11.9. The first-order valence-electron chi connectivity index (χ1n) is 7.82. The van der Waals surface area contributed by atoms with Crippen molar-refractivity contribution in [2.45, 2.75) is 18.8 Å². The Kier molecular flexibility index (Phi) is 5.23. The lowest BCUT2D eigenvalue weighted by Crippen LogP contribution is -2.45. The Labute approximate surface area is 148 Å². The van der Waals surface area contributed by atoms with Crippen LogP contribution in [0, 0.1) is 0 Å². The van der Waals surface area contributed by atoms with E-state index in [1.165, 1.54) is 12.1 Å². The molecule has 136 valence electrons. The van der Waals surface area contributed by atoms with Crippen LogP contribution in [0.25, 0.3) is 0 Å². The topological polar surface area (TPSA) is 114 Å². The van der Waals surface area contributed by atoms with E-state index in [1.807, 2.05) is 6.07 Å². The number of nitrogens with one attached hydrogen (secondary N) is 1. The molecule has 8 heteroatoms. The van der Waals surface area contributed by atoms with Crippen molar-refractivity contribution in [3.05, 3.63) is 59.7 Å². The highest BCUT2D eigenvalue weighted by Gasteiger charge is 2.31. The van der Waals surface area contributed by atoms with Crippen LogP contribution < -0.4 is 14.8 Å². The molecule has 0 radical (unpaired) electrons. The predicted octanol–water partition coefficient (Wildman–Crippen LogP) is 1.83. The fourth-order valence-corrected chi connectivity index (χ4v) is 2.46. The molecule has 0 aromatic heterocycles. The number of aliphatic hydroxyl groups is 1. The number of hydrogen-bond donors (Lipinski definition) is 3. The second-order valence-electron chi connectivity index (χ2n) is 5.58. The average molecular weight is 359 g/mol. The van der Waals surface area contributed by atoms with Gasteiger partial charge in [0.2, 0.25) is 6.79 Å². The number of carboxylic acid groups (broad SMARTS) is 1. The third kappa shape index (κ3) is 4.04. The summed E-state index contributed by atoms with van der Waals surface area (Å²) < 4.78 is 15.4. The second-order valence-corrected chi connectivity index (χ2v) is 5.58. The minimum absolute atomic E-state index is 0.0148. The van der Waals surface area contributed by atoms with E-state index >= 15 is 0 Å². The number of carbonyl (C=O) groups is 2. The molecule has 2 aromatic rings. The molecule has 0 spiro atoms. The Morgan fingerprint density at radius 1 is 1.12 bits per heavy atom. The molecule has 3 rings (SSSR count). The number of carbonyl (C=O) groups excluding carboxylic acids is 1. The smallest absolute Gasteiger partial charge is 0.408 e. The number of alkyl carbamates (subject to hydrolysis) is 1. The zero-order chi connectivity index (χ0) is 18.5. The number of hydrogen-bond acceptors (Lipinski definition) is 6. The van der Waals surface area contributed by atoms with E-state index in [0.29, 0.717) is 11.5 Å². The molecule has 0 saturated carbocycles. The molecule has 1 amide bonds. The van der Waals surface area contributed by atoms with Gasteiger partial charge in [-0.25, -0.2) is 9.59 Å². The highest BCUT2D eigenvalue weighted by Crippen LogP contribution is 2.34. The monoisotopic (exact) mass is 359 g/mol. The van der Waals surface area contributed by atoms with E-state index in [2.05, 4.69) is 5.32 Å². The summed E-state index contributed by atoms with van der Waals surface area (Å²) in [7, 11) is 0. The fourth-order valence-electron chi connectivity index (χ4n) is 2.46. The average Bonchev–Trinajstić information content (AvgIpc) is 3.12. The zero-order valence-electron chi connectivity index (χ0n) is 13.6. The van der Waals surface area contributed by atoms with Gasteiger partial charge in [0.1, 0.15) is 12.7 Å². The fraction of sp³-hybridized carbons (Fsp3) is 0.222. The number of aliphatic hydroxyl groups excluding tert-OH is 1. The summed E-state index contributed by atoms with van der Waals surface area (Å²) in [5.41, 5.74) is 1.02. The molecule has 2 atom stereocenters. The quantitative estimate of drug-likeness (QED) is 0.721. The number of aliphatic carboxylic acids is 1. The Hall–Kier alpha value is -3.26. The Morgan fingerprint density at radius 3 is 2.58 bits per heavy atom. The number of rotatable bonds is 6. The first-order valence-corrected chi connectivity index (χ1v) is 7.82. The molecule has 3 N–H and O–H groups in total. The molecule has 2 aromatic carbocycles. The van der Waals surface area contributed by atoms with E-state index in [0.717, 1.165) is 5.56 Å². The van der Waals surface area contributed by atoms with Crippen LogP contribution in [-0.4, -0.2) is 35.1 Å². The van der Waals surface area contributed by atoms with Crippen LogP contribution >= 0.6 is 0 Å². The van der Waals surface area contributed by atoms with Crippen LogP contribution in [0.5, 0.6) is 11.5 Å². The minimum Gasteiger partial charge on any atom is -0.480 e. The number of carboxylic acids is 1. The number of ether oxygens (including phenoxy) is 3. The van der Waals surface area contributed by atoms with Crippen molar-refractivity contribution < 1.29 is 34.0 Å². The highest BCUT2D eigenvalue weighted by atomic mass is 16.7. The molecular formula is C18H17NO7. The van der Waals surface area contributed by atoms with Gasteiger partial charge in [0.15, 0.2) is 17.5 Å². The Morgan fingerprint density at radius 2 is 1.85 bits per heavy atom. The summed E-state index contributed by atoms with van der Waals surface area (Å²) in [6.07, 6.45) is -2.44. The van der Waals surface area contributed by atoms with Gasteiger partial charge in [-0.1, -0.05) is 36.4 Å². The summed E-state index contributed by atoms with van der Waals surface area (Å²) in [5.74, 6) is -0.493. The molecule has 1 aliphatic heterocycles. The summed E-state index contributed by atoms with van der Waals surface area (Å²) in [4.78, 5) is 23.4. The number of benzene rings is 2. The van der Waals surface area contributed by atoms with E-state index in [4.69, 9.17) is 14.2 Å². The maximum atomic E-state index is 11.9. The van der Waals surface area contributed by atoms with Crippen LogP contribution in [-0.2, 0) is 16.1 Å². The van der Waals surface area contributed by atoms with Crippen molar-refractivity contribution in [1.29, 1.82) is 0 Å². The SMILES string of the molecule is O=C(N[C@H](C(=O)O)[C@@H](O)c1ccc2c(c1)OCO2)OCc1ccccc1. The molecule has 0 saturated heterocycles. The molecular weight excluding hydrogens is 342 g/mol. The van der Waals surface area contributed by atoms with Crippen LogP contribution in [0.4, 0.5) is 4.79 Å². The van der Waals surface area contributed by atoms with Crippen molar-refractivity contribution in [2.24, 2.45) is 0 Å². The van der Waals surface area contributed by atoms with Crippen LogP contribution in [0.2, 0.25) is 0 Å². The molecule has 0 aliphatic carbocycles. The van der Waals surface area contributed by atoms with E-state index in [9.17, 15) is 19.8 Å². The van der Waals surface area contributed by atoms with Gasteiger partial charge in [0.25, 0.3) is 0 Å². The first kappa shape index (κ1) is 17.6. The van der Waals surface area contributed by atoms with E-state index in [1.54, 1.807) is 30.3 Å².